The Morgan fingerprint density at radius 2 is 1.90 bits per heavy atom. The zero-order valence-corrected chi connectivity index (χ0v) is 12.6. The average molecular weight is 287 g/mol. The summed E-state index contributed by atoms with van der Waals surface area (Å²) in [6.07, 6.45) is 7.66. The maximum atomic E-state index is 12.7. The molecule has 3 heteroatoms. The summed E-state index contributed by atoms with van der Waals surface area (Å²) in [5.74, 6) is 0.251. The Bertz CT molecular complexity index is 474. The Morgan fingerprint density at radius 3 is 2.62 bits per heavy atom. The van der Waals surface area contributed by atoms with Gasteiger partial charge in [0.2, 0.25) is 0 Å². The van der Waals surface area contributed by atoms with Gasteiger partial charge in [-0.3, -0.25) is 4.79 Å². The van der Waals surface area contributed by atoms with Crippen LogP contribution in [-0.4, -0.2) is 18.0 Å². The first-order chi connectivity index (χ1) is 10.2. The summed E-state index contributed by atoms with van der Waals surface area (Å²) in [4.78, 5) is 12.7. The van der Waals surface area contributed by atoms with Crippen LogP contribution in [0.4, 0.5) is 0 Å². The standard InChI is InChI=1S/C18H25NO2/c19-16(14-7-3-1-4-8-14)17(20)15-9-12-21-18(13-15)10-5-2-6-11-18/h1,3-4,7-8,15-16H,2,5-6,9-13,19H2/t15?,16-/m1/s1. The lowest BCUT2D eigenvalue weighted by Crippen LogP contribution is -2.45. The van der Waals surface area contributed by atoms with E-state index in [0.717, 1.165) is 31.2 Å². The van der Waals surface area contributed by atoms with Gasteiger partial charge < -0.3 is 10.5 Å². The van der Waals surface area contributed by atoms with Crippen molar-refractivity contribution in [3.63, 3.8) is 0 Å². The van der Waals surface area contributed by atoms with Crippen molar-refractivity contribution in [1.29, 1.82) is 0 Å². The van der Waals surface area contributed by atoms with Crippen LogP contribution >= 0.6 is 0 Å². The maximum Gasteiger partial charge on any atom is 0.157 e. The van der Waals surface area contributed by atoms with Gasteiger partial charge >= 0.3 is 0 Å². The zero-order valence-electron chi connectivity index (χ0n) is 12.6. The first-order valence-corrected chi connectivity index (χ1v) is 8.18. The number of hydrogen-bond acceptors (Lipinski definition) is 3. The zero-order chi connectivity index (χ0) is 14.7. The van der Waals surface area contributed by atoms with Crippen LogP contribution in [-0.2, 0) is 9.53 Å². The molecule has 1 aliphatic heterocycles. The molecule has 3 nitrogen and oxygen atoms in total. The van der Waals surface area contributed by atoms with Crippen LogP contribution in [0.25, 0.3) is 0 Å². The van der Waals surface area contributed by atoms with Gasteiger partial charge in [-0.25, -0.2) is 0 Å². The molecule has 1 saturated heterocycles. The molecule has 21 heavy (non-hydrogen) atoms. The molecule has 0 aromatic heterocycles. The van der Waals surface area contributed by atoms with Crippen LogP contribution in [0.2, 0.25) is 0 Å². The molecular formula is C18H25NO2. The fourth-order valence-corrected chi connectivity index (χ4v) is 3.89. The first kappa shape index (κ1) is 14.7. The molecule has 1 aliphatic carbocycles. The van der Waals surface area contributed by atoms with Crippen molar-refractivity contribution in [2.24, 2.45) is 11.7 Å². The number of Topliss-reactive ketones (excluding diaryl/α,β-unsaturated/α-hetero) is 1. The Kier molecular flexibility index (Phi) is 4.41. The lowest BCUT2D eigenvalue weighted by Gasteiger charge is -2.43. The molecule has 114 valence electrons. The van der Waals surface area contributed by atoms with E-state index in [2.05, 4.69) is 0 Å². The molecule has 0 radical (unpaired) electrons. The number of nitrogens with two attached hydrogens (primary N) is 1. The quantitative estimate of drug-likeness (QED) is 0.927. The van der Waals surface area contributed by atoms with Gasteiger partial charge in [0.25, 0.3) is 0 Å². The maximum absolute atomic E-state index is 12.7. The van der Waals surface area contributed by atoms with E-state index in [1.54, 1.807) is 0 Å². The van der Waals surface area contributed by atoms with Gasteiger partial charge in [0.05, 0.1) is 11.6 Å². The first-order valence-electron chi connectivity index (χ1n) is 8.18. The van der Waals surface area contributed by atoms with E-state index in [4.69, 9.17) is 10.5 Å². The molecule has 1 unspecified atom stereocenters. The fraction of sp³-hybridized carbons (Fsp3) is 0.611. The summed E-state index contributed by atoms with van der Waals surface area (Å²) >= 11 is 0. The predicted octanol–water partition coefficient (Wildman–Crippen LogP) is 3.39. The molecule has 1 spiro atoms. The third-order valence-corrected chi connectivity index (χ3v) is 5.13. The number of benzene rings is 1. The Hall–Kier alpha value is -1.19. The normalized spacial score (nSPS) is 26.4. The average Bonchev–Trinajstić information content (AvgIpc) is 2.55. The lowest BCUT2D eigenvalue weighted by molar-refractivity contribution is -0.144. The minimum Gasteiger partial charge on any atom is -0.375 e. The van der Waals surface area contributed by atoms with Crippen LogP contribution < -0.4 is 5.73 Å². The second kappa shape index (κ2) is 6.29. The highest BCUT2D eigenvalue weighted by atomic mass is 16.5. The van der Waals surface area contributed by atoms with Gasteiger partial charge in [0, 0.05) is 12.5 Å². The van der Waals surface area contributed by atoms with E-state index in [1.165, 1.54) is 19.3 Å². The second-order valence-corrected chi connectivity index (χ2v) is 6.57. The minimum atomic E-state index is -0.491. The highest BCUT2D eigenvalue weighted by Gasteiger charge is 2.41. The van der Waals surface area contributed by atoms with Crippen molar-refractivity contribution in [3.8, 4) is 0 Å². The molecule has 3 rings (SSSR count). The summed E-state index contributed by atoms with van der Waals surface area (Å²) < 4.78 is 6.08. The predicted molar refractivity (Wildman–Crippen MR) is 82.9 cm³/mol. The van der Waals surface area contributed by atoms with Crippen LogP contribution in [0.3, 0.4) is 0 Å². The van der Waals surface area contributed by atoms with E-state index in [9.17, 15) is 4.79 Å². The summed E-state index contributed by atoms with van der Waals surface area (Å²) in [7, 11) is 0. The summed E-state index contributed by atoms with van der Waals surface area (Å²) in [5.41, 5.74) is 7.09. The monoisotopic (exact) mass is 287 g/mol. The van der Waals surface area contributed by atoms with Crippen LogP contribution in [0.1, 0.15) is 56.6 Å². The van der Waals surface area contributed by atoms with Crippen LogP contribution in [0, 0.1) is 5.92 Å². The van der Waals surface area contributed by atoms with Crippen molar-refractivity contribution in [2.75, 3.05) is 6.61 Å². The van der Waals surface area contributed by atoms with Gasteiger partial charge in [-0.05, 0) is 31.2 Å². The number of carbonyl (C=O) groups is 1. The Labute approximate surface area is 126 Å². The second-order valence-electron chi connectivity index (χ2n) is 6.57. The molecule has 1 heterocycles. The summed E-state index contributed by atoms with van der Waals surface area (Å²) in [5, 5.41) is 0. The van der Waals surface area contributed by atoms with E-state index in [-0.39, 0.29) is 17.3 Å². The van der Waals surface area contributed by atoms with Crippen LogP contribution in [0.15, 0.2) is 30.3 Å². The SMILES string of the molecule is N[C@@H](C(=O)C1CCOC2(CCCCC2)C1)c1ccccc1. The molecule has 0 amide bonds. The topological polar surface area (TPSA) is 52.3 Å². The molecule has 1 saturated carbocycles. The smallest absolute Gasteiger partial charge is 0.157 e. The van der Waals surface area contributed by atoms with Crippen molar-refractivity contribution >= 4 is 5.78 Å². The van der Waals surface area contributed by atoms with Crippen molar-refractivity contribution < 1.29 is 9.53 Å². The molecule has 2 atom stereocenters. The van der Waals surface area contributed by atoms with E-state index >= 15 is 0 Å². The van der Waals surface area contributed by atoms with E-state index < -0.39 is 6.04 Å². The van der Waals surface area contributed by atoms with Gasteiger partial charge in [0.15, 0.2) is 5.78 Å². The molecular weight excluding hydrogens is 262 g/mol. The third-order valence-electron chi connectivity index (χ3n) is 5.13. The van der Waals surface area contributed by atoms with Gasteiger partial charge in [-0.1, -0.05) is 49.6 Å². The van der Waals surface area contributed by atoms with Gasteiger partial charge in [-0.2, -0.15) is 0 Å². The number of ketones is 1. The molecule has 1 aromatic carbocycles. The third kappa shape index (κ3) is 3.19. The van der Waals surface area contributed by atoms with Gasteiger partial charge in [-0.15, -0.1) is 0 Å². The number of carbonyl (C=O) groups excluding carboxylic acids is 1. The highest BCUT2D eigenvalue weighted by molar-refractivity contribution is 5.87. The Balaban J connectivity index is 1.69. The number of ether oxygens (including phenoxy) is 1. The molecule has 1 aromatic rings. The number of hydrogen-bond donors (Lipinski definition) is 1. The Morgan fingerprint density at radius 1 is 1.19 bits per heavy atom. The fourth-order valence-electron chi connectivity index (χ4n) is 3.89. The highest BCUT2D eigenvalue weighted by Crippen LogP contribution is 2.41. The molecule has 0 bridgehead atoms. The van der Waals surface area contributed by atoms with E-state index in [0.29, 0.717) is 6.61 Å². The summed E-state index contributed by atoms with van der Waals surface area (Å²) in [6, 6.07) is 9.22. The van der Waals surface area contributed by atoms with E-state index in [1.807, 2.05) is 30.3 Å². The van der Waals surface area contributed by atoms with Gasteiger partial charge in [0.1, 0.15) is 0 Å². The number of rotatable bonds is 3. The lowest BCUT2D eigenvalue weighted by atomic mass is 9.74. The van der Waals surface area contributed by atoms with Crippen LogP contribution in [0.5, 0.6) is 0 Å². The van der Waals surface area contributed by atoms with Crippen molar-refractivity contribution in [3.05, 3.63) is 35.9 Å². The largest absolute Gasteiger partial charge is 0.375 e. The summed E-state index contributed by atoms with van der Waals surface area (Å²) in [6.45, 7) is 0.706. The molecule has 2 N–H and O–H groups in total. The van der Waals surface area contributed by atoms with Crippen molar-refractivity contribution in [1.82, 2.24) is 0 Å². The van der Waals surface area contributed by atoms with Crippen molar-refractivity contribution in [2.45, 2.75) is 56.6 Å². The molecule has 2 aliphatic rings. The minimum absolute atomic E-state index is 0.0345. The molecule has 2 fully saturated rings.